The lowest BCUT2D eigenvalue weighted by atomic mass is 10.0. The Labute approximate surface area is 136 Å². The largest absolute Gasteiger partial charge is 0.388 e. The topological polar surface area (TPSA) is 84.8 Å². The number of ether oxygens (including phenoxy) is 2. The molecule has 2 heterocycles. The van der Waals surface area contributed by atoms with E-state index in [0.717, 1.165) is 0 Å². The minimum Gasteiger partial charge on any atom is -0.388 e. The molecule has 23 heavy (non-hydrogen) atoms. The number of nitrogens with zero attached hydrogens (tertiary/aromatic N) is 3. The minimum absolute atomic E-state index is 0.201. The molecule has 0 unspecified atom stereocenters. The first-order valence-electron chi connectivity index (χ1n) is 7.76. The number of methoxy groups -OCH3 is 1. The normalized spacial score (nSPS) is 24.7. The van der Waals surface area contributed by atoms with E-state index in [1.807, 2.05) is 13.8 Å². The predicted molar refractivity (Wildman–Crippen MR) is 84.4 cm³/mol. The average molecular weight is 323 g/mol. The summed E-state index contributed by atoms with van der Waals surface area (Å²) in [6, 6.07) is -0.467. The van der Waals surface area contributed by atoms with Crippen molar-refractivity contribution in [3.05, 3.63) is 23.3 Å². The molecule has 0 radical (unpaired) electrons. The molecule has 0 aliphatic carbocycles. The Morgan fingerprint density at radius 1 is 1.48 bits per heavy atom. The number of aliphatic hydroxyl groups is 1. The molecule has 3 atom stereocenters. The van der Waals surface area contributed by atoms with Gasteiger partial charge in [-0.3, -0.25) is 4.79 Å². The third-order valence-corrected chi connectivity index (χ3v) is 4.21. The van der Waals surface area contributed by atoms with E-state index in [4.69, 9.17) is 9.47 Å². The second kappa shape index (κ2) is 7.33. The second-order valence-corrected chi connectivity index (χ2v) is 6.17. The predicted octanol–water partition coefficient (Wildman–Crippen LogP) is 0.755. The van der Waals surface area contributed by atoms with Gasteiger partial charge in [0, 0.05) is 26.3 Å². The van der Waals surface area contributed by atoms with E-state index < -0.39 is 18.2 Å². The molecule has 1 aliphatic rings. The molecule has 1 amide bonds. The van der Waals surface area contributed by atoms with Gasteiger partial charge < -0.3 is 19.5 Å². The molecule has 7 heteroatoms. The zero-order valence-electron chi connectivity index (χ0n) is 14.3. The van der Waals surface area contributed by atoms with Crippen molar-refractivity contribution < 1.29 is 19.4 Å². The van der Waals surface area contributed by atoms with Crippen molar-refractivity contribution in [3.63, 3.8) is 0 Å². The molecule has 0 bridgehead atoms. The molecule has 0 aromatic carbocycles. The highest BCUT2D eigenvalue weighted by molar-refractivity contribution is 5.95. The van der Waals surface area contributed by atoms with Crippen molar-refractivity contribution in [1.29, 1.82) is 0 Å². The van der Waals surface area contributed by atoms with E-state index in [1.54, 1.807) is 20.2 Å². The summed E-state index contributed by atoms with van der Waals surface area (Å²) in [6.07, 6.45) is 0.323. The molecule has 1 aliphatic heterocycles. The molecule has 1 N–H and O–H groups in total. The molecule has 1 fully saturated rings. The van der Waals surface area contributed by atoms with Gasteiger partial charge in [-0.15, -0.1) is 0 Å². The van der Waals surface area contributed by atoms with E-state index in [1.165, 1.54) is 12.0 Å². The van der Waals surface area contributed by atoms with Crippen molar-refractivity contribution in [2.45, 2.75) is 44.9 Å². The number of rotatable bonds is 4. The number of likely N-dealkylation sites (N-methyl/N-ethyl adjacent to an activating group) is 1. The highest BCUT2D eigenvalue weighted by Crippen LogP contribution is 2.19. The number of amides is 1. The first-order valence-corrected chi connectivity index (χ1v) is 7.76. The van der Waals surface area contributed by atoms with Crippen LogP contribution >= 0.6 is 0 Å². The minimum atomic E-state index is -0.793. The van der Waals surface area contributed by atoms with Crippen LogP contribution in [0.1, 0.15) is 41.6 Å². The molecule has 0 spiro atoms. The Morgan fingerprint density at radius 3 is 2.74 bits per heavy atom. The molecular weight excluding hydrogens is 298 g/mol. The number of carbonyl (C=O) groups is 1. The monoisotopic (exact) mass is 323 g/mol. The van der Waals surface area contributed by atoms with Gasteiger partial charge in [0.25, 0.3) is 5.91 Å². The lowest BCUT2D eigenvalue weighted by molar-refractivity contribution is -0.135. The SMILES string of the molecule is CO[C@@H]1COC[C@@H](N(C)C(=O)c2cnc(C(C)C)nc2C)[C@@H]1O. The van der Waals surface area contributed by atoms with Crippen LogP contribution in [0.25, 0.3) is 0 Å². The summed E-state index contributed by atoms with van der Waals surface area (Å²) in [4.78, 5) is 22.9. The van der Waals surface area contributed by atoms with E-state index in [-0.39, 0.29) is 18.4 Å². The van der Waals surface area contributed by atoms with Gasteiger partial charge in [0.15, 0.2) is 0 Å². The number of hydrogen-bond acceptors (Lipinski definition) is 6. The maximum absolute atomic E-state index is 12.7. The average Bonchev–Trinajstić information content (AvgIpc) is 2.53. The molecule has 1 saturated heterocycles. The fraction of sp³-hybridized carbons (Fsp3) is 0.688. The highest BCUT2D eigenvalue weighted by Gasteiger charge is 2.37. The fourth-order valence-electron chi connectivity index (χ4n) is 2.61. The Morgan fingerprint density at radius 2 is 2.17 bits per heavy atom. The third kappa shape index (κ3) is 3.68. The van der Waals surface area contributed by atoms with Gasteiger partial charge in [0.05, 0.1) is 30.5 Å². The molecular formula is C16H25N3O4. The van der Waals surface area contributed by atoms with Crippen molar-refractivity contribution in [3.8, 4) is 0 Å². The summed E-state index contributed by atoms with van der Waals surface area (Å²) < 4.78 is 10.6. The molecule has 0 saturated carbocycles. The maximum Gasteiger partial charge on any atom is 0.257 e. The standard InChI is InChI=1S/C16H25N3O4/c1-9(2)15-17-6-11(10(3)18-15)16(21)19(4)12-7-23-8-13(22-5)14(12)20/h6,9,12-14,20H,7-8H2,1-5H3/t12-,13-,14+/m1/s1. The van der Waals surface area contributed by atoms with Gasteiger partial charge in [-0.1, -0.05) is 13.8 Å². The molecule has 1 aromatic rings. The third-order valence-electron chi connectivity index (χ3n) is 4.21. The van der Waals surface area contributed by atoms with Crippen LogP contribution in [0.4, 0.5) is 0 Å². The Balaban J connectivity index is 2.19. The molecule has 128 valence electrons. The highest BCUT2D eigenvalue weighted by atomic mass is 16.5. The van der Waals surface area contributed by atoms with Gasteiger partial charge in [-0.2, -0.15) is 0 Å². The van der Waals surface area contributed by atoms with Crippen LogP contribution in [0.5, 0.6) is 0 Å². The number of hydrogen-bond donors (Lipinski definition) is 1. The van der Waals surface area contributed by atoms with Crippen LogP contribution in [-0.4, -0.2) is 71.5 Å². The van der Waals surface area contributed by atoms with Crippen LogP contribution in [-0.2, 0) is 9.47 Å². The summed E-state index contributed by atoms with van der Waals surface area (Å²) in [5.74, 6) is 0.677. The fourth-order valence-corrected chi connectivity index (χ4v) is 2.61. The van der Waals surface area contributed by atoms with Crippen LogP contribution < -0.4 is 0 Å². The smallest absolute Gasteiger partial charge is 0.257 e. The Hall–Kier alpha value is -1.57. The van der Waals surface area contributed by atoms with Gasteiger partial charge >= 0.3 is 0 Å². The zero-order valence-corrected chi connectivity index (χ0v) is 14.3. The van der Waals surface area contributed by atoms with Crippen molar-refractivity contribution in [2.24, 2.45) is 0 Å². The van der Waals surface area contributed by atoms with Crippen LogP contribution in [0.15, 0.2) is 6.20 Å². The summed E-state index contributed by atoms with van der Waals surface area (Å²) in [6.45, 7) is 6.39. The van der Waals surface area contributed by atoms with Crippen LogP contribution in [0.3, 0.4) is 0 Å². The first-order chi connectivity index (χ1) is 10.9. The zero-order chi connectivity index (χ0) is 17.1. The molecule has 7 nitrogen and oxygen atoms in total. The van der Waals surface area contributed by atoms with Gasteiger partial charge in [0.1, 0.15) is 18.0 Å². The number of aliphatic hydroxyl groups excluding tert-OH is 1. The summed E-state index contributed by atoms with van der Waals surface area (Å²) in [5.41, 5.74) is 1.07. The van der Waals surface area contributed by atoms with E-state index >= 15 is 0 Å². The quantitative estimate of drug-likeness (QED) is 0.880. The first kappa shape index (κ1) is 17.8. The second-order valence-electron chi connectivity index (χ2n) is 6.17. The van der Waals surface area contributed by atoms with E-state index in [0.29, 0.717) is 23.7 Å². The molecule has 2 rings (SSSR count). The number of aromatic nitrogens is 2. The lowest BCUT2D eigenvalue weighted by Gasteiger charge is -2.38. The summed E-state index contributed by atoms with van der Waals surface area (Å²) in [7, 11) is 3.16. The van der Waals surface area contributed by atoms with Crippen LogP contribution in [0, 0.1) is 6.92 Å². The Bertz CT molecular complexity index is 564. The van der Waals surface area contributed by atoms with E-state index in [9.17, 15) is 9.90 Å². The molecule has 1 aromatic heterocycles. The van der Waals surface area contributed by atoms with Crippen molar-refractivity contribution in [2.75, 3.05) is 27.4 Å². The lowest BCUT2D eigenvalue weighted by Crippen LogP contribution is -2.56. The van der Waals surface area contributed by atoms with Gasteiger partial charge in [-0.25, -0.2) is 9.97 Å². The van der Waals surface area contributed by atoms with Crippen molar-refractivity contribution in [1.82, 2.24) is 14.9 Å². The van der Waals surface area contributed by atoms with Crippen LogP contribution in [0.2, 0.25) is 0 Å². The number of carbonyl (C=O) groups excluding carboxylic acids is 1. The van der Waals surface area contributed by atoms with E-state index in [2.05, 4.69) is 9.97 Å². The maximum atomic E-state index is 12.7. The number of aryl methyl sites for hydroxylation is 1. The summed E-state index contributed by atoms with van der Waals surface area (Å²) in [5, 5.41) is 10.4. The van der Waals surface area contributed by atoms with Gasteiger partial charge in [0.2, 0.25) is 0 Å². The summed E-state index contributed by atoms with van der Waals surface area (Å²) >= 11 is 0. The Kier molecular flexibility index (Phi) is 5.67. The van der Waals surface area contributed by atoms with Gasteiger partial charge in [-0.05, 0) is 6.92 Å². The van der Waals surface area contributed by atoms with Crippen molar-refractivity contribution >= 4 is 5.91 Å².